The van der Waals surface area contributed by atoms with E-state index in [0.717, 1.165) is 18.4 Å². The van der Waals surface area contributed by atoms with Crippen LogP contribution in [-0.2, 0) is 14.3 Å². The van der Waals surface area contributed by atoms with Gasteiger partial charge in [0.2, 0.25) is 0 Å². The number of rotatable bonds is 7. The molecule has 1 N–H and O–H groups in total. The molecule has 0 bridgehead atoms. The van der Waals surface area contributed by atoms with Crippen LogP contribution >= 0.6 is 11.3 Å². The van der Waals surface area contributed by atoms with Crippen LogP contribution in [0.2, 0.25) is 0 Å². The zero-order valence-electron chi connectivity index (χ0n) is 15.3. The number of carbonyl (C=O) groups excluding carboxylic acids is 3. The minimum atomic E-state index is -0.683. The van der Waals surface area contributed by atoms with Crippen LogP contribution in [0.3, 0.4) is 0 Å². The first kappa shape index (κ1) is 19.1. The van der Waals surface area contributed by atoms with Crippen LogP contribution in [0.15, 0.2) is 9.90 Å². The van der Waals surface area contributed by atoms with Crippen LogP contribution < -0.4 is 5.32 Å². The van der Waals surface area contributed by atoms with Gasteiger partial charge in [-0.05, 0) is 50.5 Å². The molecule has 27 heavy (non-hydrogen) atoms. The highest BCUT2D eigenvalue weighted by Crippen LogP contribution is 2.46. The third-order valence-corrected chi connectivity index (χ3v) is 5.05. The maximum Gasteiger partial charge on any atom is 0.344 e. The highest BCUT2D eigenvalue weighted by molar-refractivity contribution is 7.15. The van der Waals surface area contributed by atoms with E-state index in [-0.39, 0.29) is 12.2 Å². The van der Waals surface area contributed by atoms with Gasteiger partial charge < -0.3 is 19.3 Å². The summed E-state index contributed by atoms with van der Waals surface area (Å²) in [4.78, 5) is 36.6. The van der Waals surface area contributed by atoms with Crippen molar-refractivity contribution in [2.24, 2.45) is 0 Å². The Labute approximate surface area is 159 Å². The van der Waals surface area contributed by atoms with Gasteiger partial charge in [0.25, 0.3) is 5.91 Å². The molecule has 1 aliphatic carbocycles. The quantitative estimate of drug-likeness (QED) is 0.721. The second-order valence-electron chi connectivity index (χ2n) is 6.21. The van der Waals surface area contributed by atoms with E-state index >= 15 is 0 Å². The average molecular weight is 392 g/mol. The fraction of sp³-hybridized carbons (Fsp3) is 0.444. The number of nitrogens with zero attached hydrogens (tertiary/aromatic N) is 1. The van der Waals surface area contributed by atoms with E-state index < -0.39 is 24.5 Å². The normalized spacial score (nSPS) is 13.3. The number of carbonyl (C=O) groups is 3. The third kappa shape index (κ3) is 4.19. The lowest BCUT2D eigenvalue weighted by Gasteiger charge is -2.08. The molecular formula is C18H20N2O6S. The number of esters is 2. The van der Waals surface area contributed by atoms with E-state index in [1.165, 1.54) is 11.3 Å². The molecule has 0 radical (unpaired) electrons. The molecule has 0 atom stereocenters. The molecule has 0 saturated heterocycles. The highest BCUT2D eigenvalue weighted by atomic mass is 32.1. The number of ether oxygens (including phenoxy) is 2. The van der Waals surface area contributed by atoms with Crippen LogP contribution in [0.5, 0.6) is 0 Å². The van der Waals surface area contributed by atoms with Crippen LogP contribution in [-0.4, -0.2) is 36.2 Å². The molecule has 0 spiro atoms. The molecule has 1 amide bonds. The van der Waals surface area contributed by atoms with Crippen LogP contribution in [0.25, 0.3) is 0 Å². The zero-order chi connectivity index (χ0) is 19.6. The fourth-order valence-electron chi connectivity index (χ4n) is 2.71. The molecule has 8 nitrogen and oxygen atoms in total. The first-order valence-corrected chi connectivity index (χ1v) is 9.48. The molecule has 2 aromatic rings. The lowest BCUT2D eigenvalue weighted by Crippen LogP contribution is -2.22. The number of anilines is 1. The smallest absolute Gasteiger partial charge is 0.344 e. The standard InChI is InChI=1S/C18H20N2O6S/c1-4-24-18(23)15-12(11-5-6-11)8-27-16(15)19-13(21)7-25-17(22)14-9(2)20-26-10(14)3/h8,11H,4-7H2,1-3H3,(H,19,21). The zero-order valence-corrected chi connectivity index (χ0v) is 16.1. The molecule has 2 aromatic heterocycles. The monoisotopic (exact) mass is 392 g/mol. The summed E-state index contributed by atoms with van der Waals surface area (Å²) < 4.78 is 15.1. The molecule has 0 aromatic carbocycles. The Morgan fingerprint density at radius 3 is 2.52 bits per heavy atom. The van der Waals surface area contributed by atoms with E-state index in [9.17, 15) is 14.4 Å². The van der Waals surface area contributed by atoms with Crippen molar-refractivity contribution in [2.45, 2.75) is 39.5 Å². The van der Waals surface area contributed by atoms with Crippen molar-refractivity contribution >= 4 is 34.2 Å². The summed E-state index contributed by atoms with van der Waals surface area (Å²) in [5, 5.41) is 8.61. The largest absolute Gasteiger partial charge is 0.462 e. The molecule has 1 aliphatic rings. The van der Waals surface area contributed by atoms with Crippen LogP contribution in [0.4, 0.5) is 5.00 Å². The van der Waals surface area contributed by atoms with Gasteiger partial charge in [-0.2, -0.15) is 0 Å². The molecule has 0 unspecified atom stereocenters. The van der Waals surface area contributed by atoms with Crippen molar-refractivity contribution in [3.8, 4) is 0 Å². The summed E-state index contributed by atoms with van der Waals surface area (Å²) in [6.07, 6.45) is 2.04. The van der Waals surface area contributed by atoms with Crippen molar-refractivity contribution in [2.75, 3.05) is 18.5 Å². The summed E-state index contributed by atoms with van der Waals surface area (Å²) in [6, 6.07) is 0. The number of aromatic nitrogens is 1. The minimum Gasteiger partial charge on any atom is -0.462 e. The van der Waals surface area contributed by atoms with Gasteiger partial charge in [-0.1, -0.05) is 5.16 Å². The van der Waals surface area contributed by atoms with Gasteiger partial charge in [-0.15, -0.1) is 11.3 Å². The van der Waals surface area contributed by atoms with Crippen molar-refractivity contribution in [1.82, 2.24) is 5.16 Å². The van der Waals surface area contributed by atoms with E-state index in [2.05, 4.69) is 10.5 Å². The maximum atomic E-state index is 12.3. The van der Waals surface area contributed by atoms with Gasteiger partial charge in [-0.3, -0.25) is 4.79 Å². The minimum absolute atomic E-state index is 0.210. The lowest BCUT2D eigenvalue weighted by atomic mass is 10.1. The van der Waals surface area contributed by atoms with Gasteiger partial charge in [0.05, 0.1) is 17.9 Å². The van der Waals surface area contributed by atoms with E-state index in [4.69, 9.17) is 14.0 Å². The predicted molar refractivity (Wildman–Crippen MR) is 97.1 cm³/mol. The molecular weight excluding hydrogens is 372 g/mol. The van der Waals surface area contributed by atoms with E-state index in [1.807, 2.05) is 5.38 Å². The Kier molecular flexibility index (Phi) is 5.59. The first-order chi connectivity index (χ1) is 12.9. The SMILES string of the molecule is CCOC(=O)c1c(C2CC2)csc1NC(=O)COC(=O)c1c(C)noc1C. The number of amides is 1. The molecule has 144 valence electrons. The molecule has 0 aliphatic heterocycles. The highest BCUT2D eigenvalue weighted by Gasteiger charge is 2.32. The number of aryl methyl sites for hydroxylation is 2. The second-order valence-corrected chi connectivity index (χ2v) is 7.09. The molecule has 1 fully saturated rings. The lowest BCUT2D eigenvalue weighted by molar-refractivity contribution is -0.119. The van der Waals surface area contributed by atoms with E-state index in [0.29, 0.717) is 27.9 Å². The number of hydrogen-bond donors (Lipinski definition) is 1. The molecule has 9 heteroatoms. The Morgan fingerprint density at radius 1 is 1.22 bits per heavy atom. The van der Waals surface area contributed by atoms with Crippen LogP contribution in [0, 0.1) is 13.8 Å². The average Bonchev–Trinajstić information content (AvgIpc) is 3.30. The fourth-order valence-corrected chi connectivity index (χ4v) is 3.76. The Bertz CT molecular complexity index is 861. The Hall–Kier alpha value is -2.68. The third-order valence-electron chi connectivity index (χ3n) is 4.14. The summed E-state index contributed by atoms with van der Waals surface area (Å²) in [7, 11) is 0. The van der Waals surface area contributed by atoms with Gasteiger partial charge in [0, 0.05) is 0 Å². The molecule has 2 heterocycles. The Balaban J connectivity index is 1.66. The predicted octanol–water partition coefficient (Wildman–Crippen LogP) is 3.20. The van der Waals surface area contributed by atoms with Crippen molar-refractivity contribution in [1.29, 1.82) is 0 Å². The topological polar surface area (TPSA) is 108 Å². The summed E-state index contributed by atoms with van der Waals surface area (Å²) >= 11 is 1.27. The summed E-state index contributed by atoms with van der Waals surface area (Å²) in [5.74, 6) is -1.01. The summed E-state index contributed by atoms with van der Waals surface area (Å²) in [6.45, 7) is 4.70. The summed E-state index contributed by atoms with van der Waals surface area (Å²) in [5.41, 5.74) is 1.91. The van der Waals surface area contributed by atoms with Crippen molar-refractivity contribution < 1.29 is 28.4 Å². The number of hydrogen-bond acceptors (Lipinski definition) is 8. The van der Waals surface area contributed by atoms with Gasteiger partial charge in [-0.25, -0.2) is 9.59 Å². The van der Waals surface area contributed by atoms with Gasteiger partial charge in [0.15, 0.2) is 6.61 Å². The van der Waals surface area contributed by atoms with Gasteiger partial charge >= 0.3 is 11.9 Å². The van der Waals surface area contributed by atoms with Crippen molar-refractivity contribution in [3.05, 3.63) is 33.5 Å². The molecule has 3 rings (SSSR count). The number of nitrogens with one attached hydrogen (secondary N) is 1. The maximum absolute atomic E-state index is 12.3. The molecule has 1 saturated carbocycles. The second kappa shape index (κ2) is 7.91. The van der Waals surface area contributed by atoms with Crippen LogP contribution in [0.1, 0.15) is 63.4 Å². The van der Waals surface area contributed by atoms with Crippen molar-refractivity contribution in [3.63, 3.8) is 0 Å². The van der Waals surface area contributed by atoms with Gasteiger partial charge in [0.1, 0.15) is 16.3 Å². The first-order valence-electron chi connectivity index (χ1n) is 8.60. The van der Waals surface area contributed by atoms with E-state index in [1.54, 1.807) is 20.8 Å². The Morgan fingerprint density at radius 2 is 1.93 bits per heavy atom. The number of thiophene rings is 1.